The van der Waals surface area contributed by atoms with Crippen molar-refractivity contribution in [2.24, 2.45) is 0 Å². The molecule has 0 saturated carbocycles. The molecule has 0 aliphatic heterocycles. The smallest absolute Gasteiger partial charge is 0.339 e. The molecule has 6 nitrogen and oxygen atoms in total. The Balaban J connectivity index is 1.75. The highest BCUT2D eigenvalue weighted by Crippen LogP contribution is 2.28. The first-order chi connectivity index (χ1) is 13.8. The van der Waals surface area contributed by atoms with Gasteiger partial charge in [0.1, 0.15) is 12.2 Å². The summed E-state index contributed by atoms with van der Waals surface area (Å²) in [5.74, 6) is -0.785. The molecule has 0 unspecified atom stereocenters. The zero-order valence-corrected chi connectivity index (χ0v) is 16.2. The molecule has 0 saturated heterocycles. The first-order valence-electron chi connectivity index (χ1n) is 8.75. The summed E-state index contributed by atoms with van der Waals surface area (Å²) in [6.45, 7) is -0.201. The van der Waals surface area contributed by atoms with Crippen LogP contribution in [-0.4, -0.2) is 20.6 Å². The summed E-state index contributed by atoms with van der Waals surface area (Å²) < 4.78 is 34.5. The van der Waals surface area contributed by atoms with Crippen LogP contribution < -0.4 is 5.63 Å². The minimum atomic E-state index is -3.60. The summed E-state index contributed by atoms with van der Waals surface area (Å²) in [4.78, 5) is 24.4. The monoisotopic (exact) mass is 408 g/mol. The number of ether oxygens (including phenoxy) is 1. The van der Waals surface area contributed by atoms with Gasteiger partial charge in [-0.1, -0.05) is 42.5 Å². The van der Waals surface area contributed by atoms with Gasteiger partial charge in [-0.2, -0.15) is 0 Å². The van der Waals surface area contributed by atoms with Crippen LogP contribution >= 0.6 is 0 Å². The van der Waals surface area contributed by atoms with E-state index in [1.165, 1.54) is 24.3 Å². The van der Waals surface area contributed by atoms with E-state index in [9.17, 15) is 18.0 Å². The van der Waals surface area contributed by atoms with Gasteiger partial charge in [0.25, 0.3) is 0 Å². The molecule has 4 aromatic rings. The van der Waals surface area contributed by atoms with E-state index in [2.05, 4.69) is 0 Å². The van der Waals surface area contributed by atoms with Crippen LogP contribution in [0.15, 0.2) is 80.8 Å². The van der Waals surface area contributed by atoms with E-state index >= 15 is 0 Å². The highest BCUT2D eigenvalue weighted by Gasteiger charge is 2.20. The van der Waals surface area contributed by atoms with Crippen LogP contribution in [0.4, 0.5) is 0 Å². The fraction of sp³-hybridized carbons (Fsp3) is 0.0909. The molecule has 0 spiro atoms. The van der Waals surface area contributed by atoms with Gasteiger partial charge in [0, 0.05) is 23.3 Å². The van der Waals surface area contributed by atoms with E-state index in [1.807, 2.05) is 30.3 Å². The minimum Gasteiger partial charge on any atom is -0.457 e. The van der Waals surface area contributed by atoms with E-state index in [-0.39, 0.29) is 17.1 Å². The normalized spacial score (nSPS) is 11.6. The average molecular weight is 408 g/mol. The topological polar surface area (TPSA) is 90.6 Å². The largest absolute Gasteiger partial charge is 0.457 e. The Bertz CT molecular complexity index is 1420. The Kier molecular flexibility index (Phi) is 4.68. The Morgan fingerprint density at radius 2 is 1.72 bits per heavy atom. The Morgan fingerprint density at radius 3 is 2.52 bits per heavy atom. The van der Waals surface area contributed by atoms with Crippen molar-refractivity contribution in [1.82, 2.24) is 0 Å². The second-order valence-electron chi connectivity index (χ2n) is 6.59. The van der Waals surface area contributed by atoms with Crippen molar-refractivity contribution in [3.8, 4) is 0 Å². The fourth-order valence-corrected chi connectivity index (χ4v) is 4.19. The number of carbonyl (C=O) groups excluding carboxylic acids is 1. The molecule has 3 aromatic carbocycles. The highest BCUT2D eigenvalue weighted by atomic mass is 32.2. The van der Waals surface area contributed by atoms with E-state index < -0.39 is 21.4 Å². The molecule has 0 fully saturated rings. The molecule has 146 valence electrons. The molecule has 0 atom stereocenters. The van der Waals surface area contributed by atoms with E-state index in [4.69, 9.17) is 9.15 Å². The lowest BCUT2D eigenvalue weighted by molar-refractivity contribution is 0.0469. The quantitative estimate of drug-likeness (QED) is 0.290. The maximum Gasteiger partial charge on any atom is 0.339 e. The van der Waals surface area contributed by atoms with Gasteiger partial charge in [-0.25, -0.2) is 18.0 Å². The van der Waals surface area contributed by atoms with Crippen LogP contribution in [0.2, 0.25) is 0 Å². The van der Waals surface area contributed by atoms with Gasteiger partial charge in [0.05, 0.1) is 10.5 Å². The number of sulfone groups is 1. The fourth-order valence-electron chi connectivity index (χ4n) is 3.31. The first-order valence-corrected chi connectivity index (χ1v) is 10.6. The number of rotatable bonds is 4. The maximum absolute atomic E-state index is 12.6. The number of benzene rings is 3. The summed E-state index contributed by atoms with van der Waals surface area (Å²) in [5, 5.41) is 2.48. The lowest BCUT2D eigenvalue weighted by Crippen LogP contribution is -2.12. The molecule has 29 heavy (non-hydrogen) atoms. The number of fused-ring (bicyclic) bond motifs is 3. The number of carbonyl (C=O) groups is 1. The van der Waals surface area contributed by atoms with Gasteiger partial charge in [-0.3, -0.25) is 0 Å². The van der Waals surface area contributed by atoms with Crippen molar-refractivity contribution in [2.45, 2.75) is 11.5 Å². The summed E-state index contributed by atoms with van der Waals surface area (Å²) in [7, 11) is -3.60. The van der Waals surface area contributed by atoms with Gasteiger partial charge in [0.15, 0.2) is 9.84 Å². The molecule has 0 N–H and O–H groups in total. The second kappa shape index (κ2) is 7.18. The third-order valence-electron chi connectivity index (χ3n) is 4.58. The first kappa shape index (κ1) is 18.9. The molecule has 1 aromatic heterocycles. The maximum atomic E-state index is 12.6. The van der Waals surface area contributed by atoms with Crippen LogP contribution in [0.1, 0.15) is 15.9 Å². The van der Waals surface area contributed by atoms with E-state index in [1.54, 1.807) is 12.1 Å². The Labute approximate surface area is 166 Å². The van der Waals surface area contributed by atoms with Crippen LogP contribution in [0.5, 0.6) is 0 Å². The number of hydrogen-bond acceptors (Lipinski definition) is 6. The van der Waals surface area contributed by atoms with Gasteiger partial charge in [0.2, 0.25) is 0 Å². The lowest BCUT2D eigenvalue weighted by Gasteiger charge is -2.11. The Hall–Kier alpha value is -3.45. The minimum absolute atomic E-state index is 0.0490. The van der Waals surface area contributed by atoms with Crippen LogP contribution in [-0.2, 0) is 21.2 Å². The molecular weight excluding hydrogens is 392 g/mol. The standard InChI is InChI=1S/C22H16O6S/c1-29(25,26)19-9-5-4-8-17(19)22(24)27-13-15-12-20(23)28-18-11-10-14-6-2-3-7-16(14)21(15)18/h2-12H,13H2,1H3. The van der Waals surface area contributed by atoms with Gasteiger partial charge in [-0.05, 0) is 29.0 Å². The Morgan fingerprint density at radius 1 is 1.00 bits per heavy atom. The molecule has 0 amide bonds. The van der Waals surface area contributed by atoms with Crippen molar-refractivity contribution in [3.63, 3.8) is 0 Å². The molecule has 7 heteroatoms. The zero-order chi connectivity index (χ0) is 20.6. The van der Waals surface area contributed by atoms with E-state index in [0.29, 0.717) is 16.5 Å². The summed E-state index contributed by atoms with van der Waals surface area (Å²) >= 11 is 0. The van der Waals surface area contributed by atoms with Crippen molar-refractivity contribution in [1.29, 1.82) is 0 Å². The molecule has 4 rings (SSSR count). The van der Waals surface area contributed by atoms with Crippen molar-refractivity contribution >= 4 is 37.5 Å². The summed E-state index contributed by atoms with van der Waals surface area (Å²) in [5.41, 5.74) is 0.263. The third-order valence-corrected chi connectivity index (χ3v) is 5.73. The predicted octanol–water partition coefficient (Wildman–Crippen LogP) is 3.71. The van der Waals surface area contributed by atoms with Crippen LogP contribution in [0.25, 0.3) is 21.7 Å². The van der Waals surface area contributed by atoms with Crippen molar-refractivity contribution in [2.75, 3.05) is 6.26 Å². The second-order valence-corrected chi connectivity index (χ2v) is 8.58. The molecule has 0 aliphatic carbocycles. The van der Waals surface area contributed by atoms with E-state index in [0.717, 1.165) is 17.0 Å². The van der Waals surface area contributed by atoms with Crippen LogP contribution in [0.3, 0.4) is 0 Å². The summed E-state index contributed by atoms with van der Waals surface area (Å²) in [6.07, 6.45) is 1.03. The number of esters is 1. The van der Waals surface area contributed by atoms with Gasteiger partial charge >= 0.3 is 11.6 Å². The molecule has 0 radical (unpaired) electrons. The number of hydrogen-bond donors (Lipinski definition) is 0. The lowest BCUT2D eigenvalue weighted by atomic mass is 10.0. The highest BCUT2D eigenvalue weighted by molar-refractivity contribution is 7.90. The SMILES string of the molecule is CS(=O)(=O)c1ccccc1C(=O)OCc1cc(=O)oc2ccc3ccccc3c12. The molecule has 0 aliphatic rings. The molecule has 1 heterocycles. The van der Waals surface area contributed by atoms with Crippen molar-refractivity contribution in [3.05, 3.63) is 88.3 Å². The molecule has 0 bridgehead atoms. The zero-order valence-electron chi connectivity index (χ0n) is 15.4. The van der Waals surface area contributed by atoms with Gasteiger partial charge < -0.3 is 9.15 Å². The molecular formula is C22H16O6S. The average Bonchev–Trinajstić information content (AvgIpc) is 2.70. The van der Waals surface area contributed by atoms with Gasteiger partial charge in [-0.15, -0.1) is 0 Å². The van der Waals surface area contributed by atoms with Crippen molar-refractivity contribution < 1.29 is 22.4 Å². The van der Waals surface area contributed by atoms with Crippen LogP contribution in [0, 0.1) is 0 Å². The third kappa shape index (κ3) is 3.64. The predicted molar refractivity (Wildman–Crippen MR) is 109 cm³/mol. The summed E-state index contributed by atoms with van der Waals surface area (Å²) in [6, 6.07) is 18.3.